The summed E-state index contributed by atoms with van der Waals surface area (Å²) < 4.78 is 69.0. The fraction of sp³-hybridized carbons (Fsp3) is 0.417. The number of amides is 1. The molecule has 0 saturated carbocycles. The molecule has 0 bridgehead atoms. The van der Waals surface area contributed by atoms with Crippen LogP contribution in [0.2, 0.25) is 0 Å². The molecule has 1 unspecified atom stereocenters. The number of rotatable bonds is 5. The van der Waals surface area contributed by atoms with E-state index in [2.05, 4.69) is 20.4 Å². The van der Waals surface area contributed by atoms with Crippen molar-refractivity contribution in [3.8, 4) is 11.1 Å². The predicted octanol–water partition coefficient (Wildman–Crippen LogP) is 4.80. The Labute approximate surface area is 204 Å². The number of anilines is 1. The van der Waals surface area contributed by atoms with E-state index in [1.54, 1.807) is 20.2 Å². The van der Waals surface area contributed by atoms with E-state index in [9.17, 15) is 26.7 Å². The molecular weight excluding hydrogens is 483 g/mol. The van der Waals surface area contributed by atoms with Crippen molar-refractivity contribution in [2.45, 2.75) is 38.4 Å². The van der Waals surface area contributed by atoms with Crippen LogP contribution in [-0.2, 0) is 13.2 Å². The van der Waals surface area contributed by atoms with E-state index < -0.39 is 48.5 Å². The molecule has 1 fully saturated rings. The van der Waals surface area contributed by atoms with E-state index in [1.807, 2.05) is 31.2 Å². The maximum Gasteiger partial charge on any atom is 0.419 e. The second-order valence-electron chi connectivity index (χ2n) is 9.15. The Bertz CT molecular complexity index is 1240. The molecule has 1 saturated heterocycles. The third-order valence-electron chi connectivity index (χ3n) is 6.15. The zero-order chi connectivity index (χ0) is 26.3. The summed E-state index contributed by atoms with van der Waals surface area (Å²) in [6.07, 6.45) is -2.08. The SMILES string of the molecule is Cc1cccc(-c2cn(C)nc2C(=O)N2CC(F)(F)C[C@@H](C)C2CNc2ncc(C(F)(F)F)cn2)c1. The molecule has 12 heteroatoms. The van der Waals surface area contributed by atoms with E-state index in [0.717, 1.165) is 16.0 Å². The first-order valence-corrected chi connectivity index (χ1v) is 11.3. The van der Waals surface area contributed by atoms with Gasteiger partial charge in [-0.15, -0.1) is 0 Å². The van der Waals surface area contributed by atoms with E-state index >= 15 is 0 Å². The number of benzene rings is 1. The molecule has 2 aromatic heterocycles. The summed E-state index contributed by atoms with van der Waals surface area (Å²) in [4.78, 5) is 22.1. The average Bonchev–Trinajstić information content (AvgIpc) is 3.18. The molecule has 3 heterocycles. The van der Waals surface area contributed by atoms with Crippen LogP contribution in [0.15, 0.2) is 42.9 Å². The fourth-order valence-corrected chi connectivity index (χ4v) is 4.45. The second-order valence-corrected chi connectivity index (χ2v) is 9.15. The molecule has 4 rings (SSSR count). The molecule has 36 heavy (non-hydrogen) atoms. The third-order valence-corrected chi connectivity index (χ3v) is 6.15. The first kappa shape index (κ1) is 25.5. The van der Waals surface area contributed by atoms with E-state index in [0.29, 0.717) is 18.0 Å². The summed E-state index contributed by atoms with van der Waals surface area (Å²) in [5.41, 5.74) is 1.26. The number of hydrogen-bond donors (Lipinski definition) is 1. The summed E-state index contributed by atoms with van der Waals surface area (Å²) in [5, 5.41) is 7.07. The number of alkyl halides is 5. The van der Waals surface area contributed by atoms with Crippen LogP contribution in [0.5, 0.6) is 0 Å². The van der Waals surface area contributed by atoms with Gasteiger partial charge in [0.2, 0.25) is 5.95 Å². The minimum Gasteiger partial charge on any atom is -0.352 e. The maximum atomic E-state index is 14.6. The van der Waals surface area contributed by atoms with Crippen molar-refractivity contribution in [2.24, 2.45) is 13.0 Å². The number of likely N-dealkylation sites (tertiary alicyclic amines) is 1. The lowest BCUT2D eigenvalue weighted by molar-refractivity contribution is -0.138. The van der Waals surface area contributed by atoms with Crippen molar-refractivity contribution in [1.82, 2.24) is 24.6 Å². The van der Waals surface area contributed by atoms with Gasteiger partial charge in [0.1, 0.15) is 0 Å². The molecule has 0 aliphatic carbocycles. The largest absolute Gasteiger partial charge is 0.419 e. The first-order valence-electron chi connectivity index (χ1n) is 11.3. The quantitative estimate of drug-likeness (QED) is 0.501. The summed E-state index contributed by atoms with van der Waals surface area (Å²) in [7, 11) is 1.64. The topological polar surface area (TPSA) is 75.9 Å². The lowest BCUT2D eigenvalue weighted by atomic mass is 9.88. The van der Waals surface area contributed by atoms with Gasteiger partial charge in [0.25, 0.3) is 11.8 Å². The Kier molecular flexibility index (Phi) is 6.72. The fourth-order valence-electron chi connectivity index (χ4n) is 4.45. The van der Waals surface area contributed by atoms with Gasteiger partial charge in [-0.1, -0.05) is 36.8 Å². The van der Waals surface area contributed by atoms with Crippen molar-refractivity contribution >= 4 is 11.9 Å². The smallest absolute Gasteiger partial charge is 0.352 e. The van der Waals surface area contributed by atoms with E-state index in [4.69, 9.17) is 0 Å². The van der Waals surface area contributed by atoms with E-state index in [-0.39, 0.29) is 18.2 Å². The summed E-state index contributed by atoms with van der Waals surface area (Å²) >= 11 is 0. The molecule has 0 radical (unpaired) electrons. The molecule has 3 aromatic rings. The van der Waals surface area contributed by atoms with Gasteiger partial charge in [0.15, 0.2) is 5.69 Å². The number of aryl methyl sites for hydroxylation is 2. The predicted molar refractivity (Wildman–Crippen MR) is 122 cm³/mol. The van der Waals surface area contributed by atoms with Crippen LogP contribution in [0.1, 0.15) is 35.0 Å². The molecule has 2 atom stereocenters. The normalized spacial score (nSPS) is 19.8. The number of aromatic nitrogens is 4. The Balaban J connectivity index is 1.61. The highest BCUT2D eigenvalue weighted by molar-refractivity contribution is 5.99. The number of carbonyl (C=O) groups excluding carboxylic acids is 1. The maximum absolute atomic E-state index is 14.6. The molecule has 192 valence electrons. The highest BCUT2D eigenvalue weighted by atomic mass is 19.4. The third kappa shape index (κ3) is 5.47. The molecule has 1 aromatic carbocycles. The first-order chi connectivity index (χ1) is 16.8. The monoisotopic (exact) mass is 508 g/mol. The van der Waals surface area contributed by atoms with Crippen molar-refractivity contribution < 1.29 is 26.7 Å². The minimum atomic E-state index is -4.58. The molecule has 1 aliphatic rings. The highest BCUT2D eigenvalue weighted by Crippen LogP contribution is 2.36. The van der Waals surface area contributed by atoms with Gasteiger partial charge in [-0.25, -0.2) is 18.7 Å². The van der Waals surface area contributed by atoms with Crippen molar-refractivity contribution in [3.63, 3.8) is 0 Å². The Hall–Kier alpha value is -3.57. The molecular formula is C24H25F5N6O. The van der Waals surface area contributed by atoms with Crippen LogP contribution >= 0.6 is 0 Å². The Morgan fingerprint density at radius 3 is 2.56 bits per heavy atom. The van der Waals surface area contributed by atoms with Crippen LogP contribution in [0, 0.1) is 12.8 Å². The van der Waals surface area contributed by atoms with Crippen LogP contribution in [0.25, 0.3) is 11.1 Å². The molecule has 0 spiro atoms. The highest BCUT2D eigenvalue weighted by Gasteiger charge is 2.47. The van der Waals surface area contributed by atoms with Crippen LogP contribution in [-0.4, -0.2) is 55.6 Å². The molecule has 1 amide bonds. The lowest BCUT2D eigenvalue weighted by Crippen LogP contribution is -2.57. The molecule has 1 aliphatic heterocycles. The van der Waals surface area contributed by atoms with Crippen molar-refractivity contribution in [3.05, 3.63) is 59.7 Å². The van der Waals surface area contributed by atoms with Gasteiger partial charge in [0.05, 0.1) is 18.2 Å². The van der Waals surface area contributed by atoms with Gasteiger partial charge < -0.3 is 10.2 Å². The van der Waals surface area contributed by atoms with Crippen molar-refractivity contribution in [1.29, 1.82) is 0 Å². The van der Waals surface area contributed by atoms with Crippen molar-refractivity contribution in [2.75, 3.05) is 18.4 Å². The Morgan fingerprint density at radius 1 is 1.22 bits per heavy atom. The number of hydrogen-bond acceptors (Lipinski definition) is 5. The van der Waals surface area contributed by atoms with E-state index in [1.165, 1.54) is 4.68 Å². The molecule has 7 nitrogen and oxygen atoms in total. The van der Waals surface area contributed by atoms with Gasteiger partial charge in [-0.05, 0) is 18.4 Å². The number of nitrogens with zero attached hydrogens (tertiary/aromatic N) is 5. The lowest BCUT2D eigenvalue weighted by Gasteiger charge is -2.43. The number of halogens is 5. The summed E-state index contributed by atoms with van der Waals surface area (Å²) in [6.45, 7) is 2.67. The van der Waals surface area contributed by atoms with Crippen LogP contribution in [0.3, 0.4) is 0 Å². The van der Waals surface area contributed by atoms with Crippen LogP contribution in [0.4, 0.5) is 27.9 Å². The second kappa shape index (κ2) is 9.47. The zero-order valence-corrected chi connectivity index (χ0v) is 19.9. The number of piperidine rings is 1. The summed E-state index contributed by atoms with van der Waals surface area (Å²) in [5.74, 6) is -4.48. The van der Waals surface area contributed by atoms with Gasteiger partial charge in [-0.2, -0.15) is 18.3 Å². The van der Waals surface area contributed by atoms with Gasteiger partial charge >= 0.3 is 6.18 Å². The number of nitrogens with one attached hydrogen (secondary N) is 1. The Morgan fingerprint density at radius 2 is 1.92 bits per heavy atom. The van der Waals surface area contributed by atoms with Gasteiger partial charge in [-0.3, -0.25) is 9.48 Å². The minimum absolute atomic E-state index is 0.0268. The van der Waals surface area contributed by atoms with Crippen LogP contribution < -0.4 is 5.32 Å². The number of carbonyl (C=O) groups is 1. The molecule has 1 N–H and O–H groups in total. The summed E-state index contributed by atoms with van der Waals surface area (Å²) in [6, 6.07) is 6.73. The average molecular weight is 508 g/mol. The standard InChI is InChI=1S/C24H25F5N6O/c1-14-5-4-6-16(7-14)18-12-34(3)33-20(18)21(36)35-13-23(25,26)8-15(2)19(35)11-32-22-30-9-17(10-31-22)24(27,28)29/h4-7,9-10,12,15,19H,8,11,13H2,1-3H3,(H,30,31,32)/t15-,19?/m1/s1. The van der Waals surface area contributed by atoms with Gasteiger partial charge in [0, 0.05) is 44.2 Å². The zero-order valence-electron chi connectivity index (χ0n) is 19.9.